The van der Waals surface area contributed by atoms with Crippen molar-refractivity contribution in [3.63, 3.8) is 0 Å². The highest BCUT2D eigenvalue weighted by Crippen LogP contribution is 2.44. The third kappa shape index (κ3) is 2.83. The Morgan fingerprint density at radius 1 is 1.39 bits per heavy atom. The molecule has 7 nitrogen and oxygen atoms in total. The van der Waals surface area contributed by atoms with E-state index in [1.165, 1.54) is 13.3 Å². The lowest BCUT2D eigenvalue weighted by Gasteiger charge is -2.24. The molecule has 1 aromatic carbocycles. The predicted molar refractivity (Wildman–Crippen MR) is 104 cm³/mol. The highest BCUT2D eigenvalue weighted by Gasteiger charge is 2.35. The van der Waals surface area contributed by atoms with Gasteiger partial charge in [0, 0.05) is 25.3 Å². The molecule has 1 aliphatic carbocycles. The SMILES string of the molecule is COc1c(N2C[C@@H](CN)[C@H](C)C2)c(F)cc2c(=O)c(C(=O)O)cn(C3CC3)c12. The lowest BCUT2D eigenvalue weighted by molar-refractivity contribution is 0.0695. The number of hydrogen-bond donors (Lipinski definition) is 2. The van der Waals surface area contributed by atoms with Crippen molar-refractivity contribution in [2.24, 2.45) is 17.6 Å². The maximum absolute atomic E-state index is 15.2. The highest BCUT2D eigenvalue weighted by atomic mass is 19.1. The molecule has 2 aromatic rings. The number of aromatic carboxylic acids is 1. The van der Waals surface area contributed by atoms with Gasteiger partial charge in [0.1, 0.15) is 11.3 Å². The van der Waals surface area contributed by atoms with Crippen LogP contribution in [0.15, 0.2) is 17.1 Å². The van der Waals surface area contributed by atoms with Gasteiger partial charge in [-0.25, -0.2) is 9.18 Å². The largest absolute Gasteiger partial charge is 0.492 e. The maximum Gasteiger partial charge on any atom is 0.341 e. The number of carboxylic acid groups (broad SMARTS) is 1. The van der Waals surface area contributed by atoms with E-state index < -0.39 is 17.2 Å². The summed E-state index contributed by atoms with van der Waals surface area (Å²) in [7, 11) is 1.45. The molecule has 2 heterocycles. The summed E-state index contributed by atoms with van der Waals surface area (Å²) in [6, 6.07) is 1.24. The zero-order valence-electron chi connectivity index (χ0n) is 15.9. The quantitative estimate of drug-likeness (QED) is 0.814. The molecule has 0 radical (unpaired) electrons. The normalized spacial score (nSPS) is 22.1. The average Bonchev–Trinajstić information content (AvgIpc) is 3.43. The van der Waals surface area contributed by atoms with Crippen LogP contribution in [0, 0.1) is 17.7 Å². The summed E-state index contributed by atoms with van der Waals surface area (Å²) in [6.45, 7) is 3.85. The van der Waals surface area contributed by atoms with Gasteiger partial charge in [0.2, 0.25) is 5.43 Å². The number of ether oxygens (including phenoxy) is 1. The number of nitrogens with zero attached hydrogens (tertiary/aromatic N) is 2. The van der Waals surface area contributed by atoms with E-state index in [2.05, 4.69) is 6.92 Å². The van der Waals surface area contributed by atoms with Gasteiger partial charge in [-0.15, -0.1) is 0 Å². The molecule has 2 fully saturated rings. The summed E-state index contributed by atoms with van der Waals surface area (Å²) in [6.07, 6.45) is 3.12. The van der Waals surface area contributed by atoms with Crippen LogP contribution in [-0.2, 0) is 0 Å². The van der Waals surface area contributed by atoms with Crippen LogP contribution in [0.25, 0.3) is 10.9 Å². The number of aromatic nitrogens is 1. The van der Waals surface area contributed by atoms with Crippen LogP contribution >= 0.6 is 0 Å². The van der Waals surface area contributed by atoms with Crippen LogP contribution in [0.4, 0.5) is 10.1 Å². The number of nitrogens with two attached hydrogens (primary N) is 1. The molecular formula is C20H24FN3O4. The predicted octanol–water partition coefficient (Wildman–Crippen LogP) is 2.21. The minimum Gasteiger partial charge on any atom is -0.492 e. The van der Waals surface area contributed by atoms with E-state index in [0.717, 1.165) is 18.9 Å². The van der Waals surface area contributed by atoms with Crippen LogP contribution < -0.4 is 20.8 Å². The zero-order valence-corrected chi connectivity index (χ0v) is 15.9. The molecule has 1 saturated heterocycles. The first-order chi connectivity index (χ1) is 13.4. The van der Waals surface area contributed by atoms with E-state index in [4.69, 9.17) is 10.5 Å². The number of hydrogen-bond acceptors (Lipinski definition) is 5. The number of fused-ring (bicyclic) bond motifs is 1. The van der Waals surface area contributed by atoms with E-state index in [9.17, 15) is 14.7 Å². The van der Waals surface area contributed by atoms with Crippen molar-refractivity contribution < 1.29 is 19.0 Å². The summed E-state index contributed by atoms with van der Waals surface area (Å²) < 4.78 is 22.6. The standard InChI is InChI=1S/C20H24FN3O4/c1-10-7-23(8-11(10)6-22)17-15(21)5-13-16(19(17)28-2)24(12-3-4-12)9-14(18(13)25)20(26)27/h5,9-12H,3-4,6-8,22H2,1-2H3,(H,26,27)/t10-,11-/m1/s1. The molecule has 0 spiro atoms. The van der Waals surface area contributed by atoms with Crippen molar-refractivity contribution in [1.29, 1.82) is 0 Å². The van der Waals surface area contributed by atoms with Gasteiger partial charge in [-0.3, -0.25) is 4.79 Å². The molecule has 28 heavy (non-hydrogen) atoms. The van der Waals surface area contributed by atoms with Crippen LogP contribution in [0.3, 0.4) is 0 Å². The van der Waals surface area contributed by atoms with Crippen molar-refractivity contribution in [2.75, 3.05) is 31.6 Å². The number of rotatable bonds is 5. The van der Waals surface area contributed by atoms with Gasteiger partial charge in [-0.2, -0.15) is 0 Å². The third-order valence-electron chi connectivity index (χ3n) is 5.96. The monoisotopic (exact) mass is 389 g/mol. The topological polar surface area (TPSA) is 97.8 Å². The third-order valence-corrected chi connectivity index (χ3v) is 5.96. The second-order valence-corrected chi connectivity index (χ2v) is 7.83. The zero-order chi connectivity index (χ0) is 20.2. The summed E-state index contributed by atoms with van der Waals surface area (Å²) in [5.74, 6) is -1.06. The molecule has 0 amide bonds. The van der Waals surface area contributed by atoms with E-state index in [-0.39, 0.29) is 28.7 Å². The number of benzene rings is 1. The van der Waals surface area contributed by atoms with Crippen LogP contribution in [0.1, 0.15) is 36.2 Å². The molecule has 2 aliphatic rings. The van der Waals surface area contributed by atoms with Crippen molar-refractivity contribution in [3.8, 4) is 5.75 Å². The molecule has 1 saturated carbocycles. The van der Waals surface area contributed by atoms with Gasteiger partial charge < -0.3 is 25.0 Å². The van der Waals surface area contributed by atoms with Crippen LogP contribution in [0.2, 0.25) is 0 Å². The summed E-state index contributed by atoms with van der Waals surface area (Å²) in [4.78, 5) is 26.2. The summed E-state index contributed by atoms with van der Waals surface area (Å²) in [5.41, 5.74) is 5.57. The number of carboxylic acids is 1. The fourth-order valence-electron chi connectivity index (χ4n) is 4.25. The van der Waals surface area contributed by atoms with Gasteiger partial charge in [-0.1, -0.05) is 6.92 Å². The molecule has 1 aromatic heterocycles. The molecule has 150 valence electrons. The van der Waals surface area contributed by atoms with Gasteiger partial charge in [-0.05, 0) is 37.3 Å². The van der Waals surface area contributed by atoms with Crippen molar-refractivity contribution in [3.05, 3.63) is 33.9 Å². The fourth-order valence-corrected chi connectivity index (χ4v) is 4.25. The van der Waals surface area contributed by atoms with E-state index in [0.29, 0.717) is 36.8 Å². The van der Waals surface area contributed by atoms with E-state index in [1.807, 2.05) is 4.90 Å². The summed E-state index contributed by atoms with van der Waals surface area (Å²) in [5, 5.41) is 9.44. The van der Waals surface area contributed by atoms with E-state index in [1.54, 1.807) is 4.57 Å². The number of carbonyl (C=O) groups is 1. The Hall–Kier alpha value is -2.61. The van der Waals surface area contributed by atoms with Crippen molar-refractivity contribution in [2.45, 2.75) is 25.8 Å². The van der Waals surface area contributed by atoms with Crippen LogP contribution in [-0.4, -0.2) is 42.4 Å². The molecule has 2 atom stereocenters. The smallest absolute Gasteiger partial charge is 0.341 e. The Bertz CT molecular complexity index is 1010. The fraction of sp³-hybridized carbons (Fsp3) is 0.500. The molecule has 0 unspecified atom stereocenters. The first-order valence-corrected chi connectivity index (χ1v) is 9.51. The second-order valence-electron chi connectivity index (χ2n) is 7.83. The Balaban J connectivity index is 2.00. The number of halogens is 1. The van der Waals surface area contributed by atoms with Gasteiger partial charge in [0.25, 0.3) is 0 Å². The summed E-state index contributed by atoms with van der Waals surface area (Å²) >= 11 is 0. The minimum atomic E-state index is -1.32. The minimum absolute atomic E-state index is 0.0347. The highest BCUT2D eigenvalue weighted by molar-refractivity contribution is 5.97. The van der Waals surface area contributed by atoms with Gasteiger partial charge in [0.15, 0.2) is 11.6 Å². The molecule has 0 bridgehead atoms. The first kappa shape index (κ1) is 18.7. The molecule has 1 aliphatic heterocycles. The average molecular weight is 389 g/mol. The second kappa shape index (κ2) is 6.77. The van der Waals surface area contributed by atoms with Crippen molar-refractivity contribution in [1.82, 2.24) is 4.57 Å². The Morgan fingerprint density at radius 2 is 2.11 bits per heavy atom. The first-order valence-electron chi connectivity index (χ1n) is 9.51. The maximum atomic E-state index is 15.2. The van der Waals surface area contributed by atoms with Gasteiger partial charge >= 0.3 is 5.97 Å². The van der Waals surface area contributed by atoms with Gasteiger partial charge in [0.05, 0.1) is 18.0 Å². The molecule has 3 N–H and O–H groups in total. The molecule has 8 heteroatoms. The lowest BCUT2D eigenvalue weighted by atomic mass is 9.99. The lowest BCUT2D eigenvalue weighted by Crippen LogP contribution is -2.25. The number of methoxy groups -OCH3 is 1. The molecular weight excluding hydrogens is 365 g/mol. The number of pyridine rings is 1. The Kier molecular flexibility index (Phi) is 4.53. The van der Waals surface area contributed by atoms with Crippen molar-refractivity contribution >= 4 is 22.6 Å². The Labute approximate surface area is 161 Å². The van der Waals surface area contributed by atoms with Crippen LogP contribution in [0.5, 0.6) is 5.75 Å². The number of anilines is 1. The molecule has 4 rings (SSSR count). The van der Waals surface area contributed by atoms with E-state index >= 15 is 4.39 Å². The Morgan fingerprint density at radius 3 is 2.64 bits per heavy atom.